The normalized spacial score (nSPS) is 12.0. The largest absolute Gasteiger partial charge is 0.494 e. The fourth-order valence-electron chi connectivity index (χ4n) is 3.48. The van der Waals surface area contributed by atoms with Crippen LogP contribution in [0, 0.1) is 5.92 Å². The molecule has 2 rings (SSSR count). The van der Waals surface area contributed by atoms with E-state index >= 15 is 0 Å². The van der Waals surface area contributed by atoms with E-state index < -0.39 is 5.97 Å². The van der Waals surface area contributed by atoms with E-state index in [9.17, 15) is 9.90 Å². The highest BCUT2D eigenvalue weighted by atomic mass is 16.5. The predicted molar refractivity (Wildman–Crippen MR) is 121 cm³/mol. The summed E-state index contributed by atoms with van der Waals surface area (Å²) in [5, 5.41) is 9.60. The monoisotopic (exact) mass is 396 g/mol. The Kier molecular flexibility index (Phi) is 9.76. The summed E-state index contributed by atoms with van der Waals surface area (Å²) in [5.74, 6) is 0.475. The number of hydrogen-bond acceptors (Lipinski definition) is 2. The predicted octanol–water partition coefficient (Wildman–Crippen LogP) is 7.38. The summed E-state index contributed by atoms with van der Waals surface area (Å²) in [6, 6.07) is 13.6. The first kappa shape index (κ1) is 23.0. The zero-order chi connectivity index (χ0) is 21.1. The molecule has 0 saturated heterocycles. The Labute approximate surface area is 176 Å². The van der Waals surface area contributed by atoms with Gasteiger partial charge in [-0.1, -0.05) is 83.6 Å². The van der Waals surface area contributed by atoms with Crippen molar-refractivity contribution in [2.24, 2.45) is 5.92 Å². The second-order valence-electron chi connectivity index (χ2n) is 8.04. The van der Waals surface area contributed by atoms with Gasteiger partial charge in [-0.2, -0.15) is 0 Å². The molecule has 0 heterocycles. The third-order valence-electron chi connectivity index (χ3n) is 5.53. The fourth-order valence-corrected chi connectivity index (χ4v) is 3.48. The molecule has 0 amide bonds. The topological polar surface area (TPSA) is 46.5 Å². The maximum Gasteiger partial charge on any atom is 0.336 e. The van der Waals surface area contributed by atoms with E-state index in [4.69, 9.17) is 4.74 Å². The van der Waals surface area contributed by atoms with Crippen LogP contribution >= 0.6 is 0 Å². The van der Waals surface area contributed by atoms with Gasteiger partial charge in [0.25, 0.3) is 0 Å². The molecule has 1 atom stereocenters. The van der Waals surface area contributed by atoms with Gasteiger partial charge in [0, 0.05) is 0 Å². The molecule has 1 unspecified atom stereocenters. The number of unbranched alkanes of at least 4 members (excludes halogenated alkanes) is 5. The Morgan fingerprint density at radius 1 is 0.966 bits per heavy atom. The van der Waals surface area contributed by atoms with Gasteiger partial charge in [0.1, 0.15) is 5.75 Å². The van der Waals surface area contributed by atoms with Crippen LogP contribution in [0.1, 0.15) is 81.6 Å². The molecular formula is C26H36O3. The molecule has 0 aromatic heterocycles. The Bertz CT molecular complexity index is 749. The maximum absolute atomic E-state index is 11.7. The van der Waals surface area contributed by atoms with E-state index in [1.165, 1.54) is 37.7 Å². The standard InChI is InChI=1S/C26H36O3/c1-4-6-7-8-9-10-17-29-23-15-16-24(26(27)28)25(19-23)22-13-11-21(12-14-22)18-20(3)5-2/h11-16,19-20H,4-10,17-18H2,1-3H3,(H,27,28). The van der Waals surface area contributed by atoms with Crippen molar-refractivity contribution < 1.29 is 14.6 Å². The lowest BCUT2D eigenvalue weighted by atomic mass is 9.95. The molecule has 1 N–H and O–H groups in total. The molecule has 0 aliphatic rings. The highest BCUT2D eigenvalue weighted by Gasteiger charge is 2.13. The van der Waals surface area contributed by atoms with Crippen molar-refractivity contribution in [3.63, 3.8) is 0 Å². The van der Waals surface area contributed by atoms with E-state index in [1.807, 2.05) is 18.2 Å². The van der Waals surface area contributed by atoms with Crippen LogP contribution in [-0.4, -0.2) is 17.7 Å². The van der Waals surface area contributed by atoms with Crippen molar-refractivity contribution in [1.82, 2.24) is 0 Å². The van der Waals surface area contributed by atoms with Crippen LogP contribution in [-0.2, 0) is 6.42 Å². The molecule has 0 radical (unpaired) electrons. The van der Waals surface area contributed by atoms with Gasteiger partial charge in [-0.3, -0.25) is 0 Å². The smallest absolute Gasteiger partial charge is 0.336 e. The van der Waals surface area contributed by atoms with Gasteiger partial charge in [0.2, 0.25) is 0 Å². The van der Waals surface area contributed by atoms with Crippen LogP contribution in [0.5, 0.6) is 5.75 Å². The van der Waals surface area contributed by atoms with Gasteiger partial charge in [-0.05, 0) is 53.6 Å². The molecule has 29 heavy (non-hydrogen) atoms. The summed E-state index contributed by atoms with van der Waals surface area (Å²) < 4.78 is 5.91. The molecule has 2 aromatic rings. The maximum atomic E-state index is 11.7. The Morgan fingerprint density at radius 3 is 2.31 bits per heavy atom. The summed E-state index contributed by atoms with van der Waals surface area (Å²) in [4.78, 5) is 11.7. The minimum Gasteiger partial charge on any atom is -0.494 e. The van der Waals surface area contributed by atoms with Crippen molar-refractivity contribution in [3.8, 4) is 16.9 Å². The molecule has 0 bridgehead atoms. The summed E-state index contributed by atoms with van der Waals surface area (Å²) >= 11 is 0. The lowest BCUT2D eigenvalue weighted by Crippen LogP contribution is -2.02. The number of carboxylic acid groups (broad SMARTS) is 1. The summed E-state index contributed by atoms with van der Waals surface area (Å²) in [5.41, 5.74) is 3.23. The van der Waals surface area contributed by atoms with E-state index in [2.05, 4.69) is 32.9 Å². The van der Waals surface area contributed by atoms with Gasteiger partial charge in [0.15, 0.2) is 0 Å². The highest BCUT2D eigenvalue weighted by molar-refractivity contribution is 5.96. The zero-order valence-electron chi connectivity index (χ0n) is 18.2. The molecule has 0 saturated carbocycles. The summed E-state index contributed by atoms with van der Waals surface area (Å²) in [6.45, 7) is 7.35. The van der Waals surface area contributed by atoms with Gasteiger partial charge >= 0.3 is 5.97 Å². The molecule has 0 aliphatic heterocycles. The molecule has 158 valence electrons. The number of ether oxygens (including phenoxy) is 1. The minimum absolute atomic E-state index is 0.312. The average Bonchev–Trinajstić information content (AvgIpc) is 2.73. The molecule has 0 aliphatic carbocycles. The Morgan fingerprint density at radius 2 is 1.66 bits per heavy atom. The number of benzene rings is 2. The Hall–Kier alpha value is -2.29. The van der Waals surface area contributed by atoms with Crippen molar-refractivity contribution in [1.29, 1.82) is 0 Å². The second kappa shape index (κ2) is 12.3. The van der Waals surface area contributed by atoms with Crippen LogP contribution in [0.3, 0.4) is 0 Å². The van der Waals surface area contributed by atoms with Crippen molar-refractivity contribution in [2.75, 3.05) is 6.61 Å². The average molecular weight is 397 g/mol. The number of carbonyl (C=O) groups is 1. The first-order chi connectivity index (χ1) is 14.0. The summed E-state index contributed by atoms with van der Waals surface area (Å²) in [6.07, 6.45) is 9.52. The lowest BCUT2D eigenvalue weighted by molar-refractivity contribution is 0.0697. The van der Waals surface area contributed by atoms with Crippen LogP contribution in [0.25, 0.3) is 11.1 Å². The van der Waals surface area contributed by atoms with Crippen molar-refractivity contribution in [2.45, 2.75) is 72.1 Å². The van der Waals surface area contributed by atoms with Crippen LogP contribution in [0.15, 0.2) is 42.5 Å². The van der Waals surface area contributed by atoms with Gasteiger partial charge in [-0.25, -0.2) is 4.79 Å². The van der Waals surface area contributed by atoms with E-state index in [1.54, 1.807) is 12.1 Å². The quantitative estimate of drug-likeness (QED) is 0.359. The van der Waals surface area contributed by atoms with Gasteiger partial charge in [0.05, 0.1) is 12.2 Å². The number of aromatic carboxylic acids is 1. The Balaban J connectivity index is 2.05. The second-order valence-corrected chi connectivity index (χ2v) is 8.04. The van der Waals surface area contributed by atoms with Crippen LogP contribution in [0.4, 0.5) is 0 Å². The first-order valence-corrected chi connectivity index (χ1v) is 11.1. The molecule has 2 aromatic carbocycles. The lowest BCUT2D eigenvalue weighted by Gasteiger charge is -2.13. The summed E-state index contributed by atoms with van der Waals surface area (Å²) in [7, 11) is 0. The SMILES string of the molecule is CCCCCCCCOc1ccc(C(=O)O)c(-c2ccc(CC(C)CC)cc2)c1. The number of carboxylic acids is 1. The van der Waals surface area contributed by atoms with Crippen LogP contribution in [0.2, 0.25) is 0 Å². The van der Waals surface area contributed by atoms with Crippen LogP contribution < -0.4 is 4.74 Å². The van der Waals surface area contributed by atoms with E-state index in [-0.39, 0.29) is 0 Å². The first-order valence-electron chi connectivity index (χ1n) is 11.1. The van der Waals surface area contributed by atoms with Gasteiger partial charge < -0.3 is 9.84 Å². The minimum atomic E-state index is -0.911. The molecule has 3 heteroatoms. The fraction of sp³-hybridized carbons (Fsp3) is 0.500. The van der Waals surface area contributed by atoms with Crippen molar-refractivity contribution >= 4 is 5.97 Å². The van der Waals surface area contributed by atoms with E-state index in [0.29, 0.717) is 23.7 Å². The number of rotatable bonds is 13. The number of hydrogen-bond donors (Lipinski definition) is 1. The molecular weight excluding hydrogens is 360 g/mol. The molecule has 3 nitrogen and oxygen atoms in total. The molecule has 0 spiro atoms. The third-order valence-corrected chi connectivity index (χ3v) is 5.53. The zero-order valence-corrected chi connectivity index (χ0v) is 18.2. The third kappa shape index (κ3) is 7.56. The van der Waals surface area contributed by atoms with Gasteiger partial charge in [-0.15, -0.1) is 0 Å². The molecule has 0 fully saturated rings. The van der Waals surface area contributed by atoms with E-state index in [0.717, 1.165) is 30.6 Å². The highest BCUT2D eigenvalue weighted by Crippen LogP contribution is 2.29. The van der Waals surface area contributed by atoms with Crippen molar-refractivity contribution in [3.05, 3.63) is 53.6 Å².